The molecule has 1 aromatic carbocycles. The number of aryl methyl sites for hydroxylation is 2. The van der Waals surface area contributed by atoms with Crippen molar-refractivity contribution >= 4 is 41.3 Å². The van der Waals surface area contributed by atoms with Crippen LogP contribution in [0.3, 0.4) is 0 Å². The van der Waals surface area contributed by atoms with E-state index in [0.29, 0.717) is 0 Å². The topological polar surface area (TPSA) is 52.6 Å². The zero-order valence-corrected chi connectivity index (χ0v) is 21.7. The van der Waals surface area contributed by atoms with Gasteiger partial charge in [0.2, 0.25) is 0 Å². The van der Waals surface area contributed by atoms with Crippen molar-refractivity contribution in [3.05, 3.63) is 51.0 Å². The zero-order chi connectivity index (χ0) is 20.5. The molecule has 0 spiro atoms. The number of halogens is 1. The molecule has 1 aliphatic heterocycles. The SMILES string of the molecule is CN=C(NCCc1nc(C)c(C)s1)NCc1ccccc1CN1CCCCCC1.I. The number of rotatable bonds is 7. The molecule has 30 heavy (non-hydrogen) atoms. The van der Waals surface area contributed by atoms with Crippen LogP contribution in [0.5, 0.6) is 0 Å². The monoisotopic (exact) mass is 541 g/mol. The van der Waals surface area contributed by atoms with Crippen LogP contribution in [0.1, 0.15) is 52.4 Å². The predicted octanol–water partition coefficient (Wildman–Crippen LogP) is 4.66. The van der Waals surface area contributed by atoms with Crippen molar-refractivity contribution in [1.29, 1.82) is 0 Å². The summed E-state index contributed by atoms with van der Waals surface area (Å²) in [7, 11) is 1.83. The number of guanidine groups is 1. The number of thiazole rings is 1. The summed E-state index contributed by atoms with van der Waals surface area (Å²) >= 11 is 1.79. The molecule has 0 aliphatic carbocycles. The van der Waals surface area contributed by atoms with Gasteiger partial charge < -0.3 is 10.6 Å². The summed E-state index contributed by atoms with van der Waals surface area (Å²) in [6, 6.07) is 8.79. The van der Waals surface area contributed by atoms with E-state index in [1.165, 1.54) is 59.8 Å². The van der Waals surface area contributed by atoms with E-state index < -0.39 is 0 Å². The van der Waals surface area contributed by atoms with E-state index >= 15 is 0 Å². The average Bonchev–Trinajstić information content (AvgIpc) is 2.90. The maximum atomic E-state index is 4.61. The third kappa shape index (κ3) is 7.81. The standard InChI is InChI=1S/C23H35N5S.HI/c1-18-19(2)29-22(27-18)12-13-25-23(24-3)26-16-20-10-6-7-11-21(20)17-28-14-8-4-5-9-15-28;/h6-7,10-11H,4-5,8-9,12-17H2,1-3H3,(H2,24,25,26);1H. The first kappa shape index (κ1) is 25.1. The minimum atomic E-state index is 0. The smallest absolute Gasteiger partial charge is 0.191 e. The van der Waals surface area contributed by atoms with Crippen molar-refractivity contribution in [3.63, 3.8) is 0 Å². The lowest BCUT2D eigenvalue weighted by Crippen LogP contribution is -2.38. The largest absolute Gasteiger partial charge is 0.356 e. The van der Waals surface area contributed by atoms with Crippen molar-refractivity contribution in [1.82, 2.24) is 20.5 Å². The lowest BCUT2D eigenvalue weighted by Gasteiger charge is -2.22. The Kier molecular flexibility index (Phi) is 11.1. The normalized spacial score (nSPS) is 15.4. The minimum Gasteiger partial charge on any atom is -0.356 e. The lowest BCUT2D eigenvalue weighted by molar-refractivity contribution is 0.276. The molecule has 7 heteroatoms. The number of nitrogens with zero attached hydrogens (tertiary/aromatic N) is 3. The summed E-state index contributed by atoms with van der Waals surface area (Å²) in [5.41, 5.74) is 3.92. The molecule has 0 unspecified atom stereocenters. The highest BCUT2D eigenvalue weighted by atomic mass is 127. The quantitative estimate of drug-likeness (QED) is 0.304. The number of benzene rings is 1. The van der Waals surface area contributed by atoms with Crippen molar-refractivity contribution in [2.24, 2.45) is 4.99 Å². The van der Waals surface area contributed by atoms with Crippen molar-refractivity contribution in [3.8, 4) is 0 Å². The summed E-state index contributed by atoms with van der Waals surface area (Å²) in [6.07, 6.45) is 6.33. The van der Waals surface area contributed by atoms with Gasteiger partial charge in [0.15, 0.2) is 5.96 Å². The highest BCUT2D eigenvalue weighted by Gasteiger charge is 2.12. The lowest BCUT2D eigenvalue weighted by atomic mass is 10.1. The molecule has 3 rings (SSSR count). The van der Waals surface area contributed by atoms with E-state index in [0.717, 1.165) is 37.7 Å². The zero-order valence-electron chi connectivity index (χ0n) is 18.5. The van der Waals surface area contributed by atoms with Gasteiger partial charge in [0, 0.05) is 38.0 Å². The first-order chi connectivity index (χ1) is 14.2. The molecule has 0 bridgehead atoms. The van der Waals surface area contributed by atoms with E-state index in [1.807, 2.05) is 7.05 Å². The van der Waals surface area contributed by atoms with E-state index in [4.69, 9.17) is 0 Å². The second kappa shape index (κ2) is 13.3. The van der Waals surface area contributed by atoms with Gasteiger partial charge in [-0.15, -0.1) is 35.3 Å². The van der Waals surface area contributed by atoms with E-state index in [1.54, 1.807) is 11.3 Å². The average molecular weight is 542 g/mol. The fourth-order valence-corrected chi connectivity index (χ4v) is 4.69. The van der Waals surface area contributed by atoms with Crippen LogP contribution in [0.15, 0.2) is 29.3 Å². The Morgan fingerprint density at radius 3 is 2.40 bits per heavy atom. The van der Waals surface area contributed by atoms with Crippen LogP contribution in [-0.4, -0.2) is 42.5 Å². The Morgan fingerprint density at radius 2 is 1.77 bits per heavy atom. The van der Waals surface area contributed by atoms with Gasteiger partial charge in [-0.3, -0.25) is 9.89 Å². The van der Waals surface area contributed by atoms with Crippen molar-refractivity contribution in [2.75, 3.05) is 26.7 Å². The van der Waals surface area contributed by atoms with Crippen LogP contribution < -0.4 is 10.6 Å². The van der Waals surface area contributed by atoms with Crippen LogP contribution in [0.2, 0.25) is 0 Å². The Labute approximate surface area is 202 Å². The van der Waals surface area contributed by atoms with Gasteiger partial charge in [-0.25, -0.2) is 4.98 Å². The van der Waals surface area contributed by atoms with E-state index in [-0.39, 0.29) is 24.0 Å². The highest BCUT2D eigenvalue weighted by Crippen LogP contribution is 2.17. The van der Waals surface area contributed by atoms with Crippen LogP contribution in [0, 0.1) is 13.8 Å². The molecule has 1 aromatic heterocycles. The minimum absolute atomic E-state index is 0. The van der Waals surface area contributed by atoms with Gasteiger partial charge >= 0.3 is 0 Å². The van der Waals surface area contributed by atoms with E-state index in [9.17, 15) is 0 Å². The Hall–Kier alpha value is -1.19. The summed E-state index contributed by atoms with van der Waals surface area (Å²) in [5, 5.41) is 8.09. The molecular weight excluding hydrogens is 505 g/mol. The van der Waals surface area contributed by atoms with Crippen molar-refractivity contribution < 1.29 is 0 Å². The second-order valence-electron chi connectivity index (χ2n) is 7.81. The molecule has 5 nitrogen and oxygen atoms in total. The molecule has 166 valence electrons. The third-order valence-electron chi connectivity index (χ3n) is 5.59. The maximum absolute atomic E-state index is 4.61. The summed E-state index contributed by atoms with van der Waals surface area (Å²) in [6.45, 7) is 9.33. The molecule has 0 saturated carbocycles. The van der Waals surface area contributed by atoms with Crippen molar-refractivity contribution in [2.45, 2.75) is 59.0 Å². The highest BCUT2D eigenvalue weighted by molar-refractivity contribution is 14.0. The number of hydrogen-bond acceptors (Lipinski definition) is 4. The fraction of sp³-hybridized carbons (Fsp3) is 0.565. The van der Waals surface area contributed by atoms with Gasteiger partial charge in [-0.2, -0.15) is 0 Å². The number of hydrogen-bond donors (Lipinski definition) is 2. The van der Waals surface area contributed by atoms with Crippen LogP contribution in [0.4, 0.5) is 0 Å². The van der Waals surface area contributed by atoms with Gasteiger partial charge in [-0.05, 0) is 50.9 Å². The molecule has 2 N–H and O–H groups in total. The number of aliphatic imine (C=N–C) groups is 1. The maximum Gasteiger partial charge on any atom is 0.191 e. The van der Waals surface area contributed by atoms with Crippen LogP contribution >= 0.6 is 35.3 Å². The Balaban J connectivity index is 0.00000320. The number of aromatic nitrogens is 1. The van der Waals surface area contributed by atoms with E-state index in [2.05, 4.69) is 63.6 Å². The van der Waals surface area contributed by atoms with Crippen LogP contribution in [0.25, 0.3) is 0 Å². The molecule has 0 amide bonds. The van der Waals surface area contributed by atoms with Gasteiger partial charge in [0.25, 0.3) is 0 Å². The first-order valence-electron chi connectivity index (χ1n) is 10.8. The summed E-state index contributed by atoms with van der Waals surface area (Å²) in [4.78, 5) is 12.9. The predicted molar refractivity (Wildman–Crippen MR) is 139 cm³/mol. The molecule has 2 aromatic rings. The number of nitrogens with one attached hydrogen (secondary N) is 2. The third-order valence-corrected chi connectivity index (χ3v) is 6.72. The molecule has 2 heterocycles. The second-order valence-corrected chi connectivity index (χ2v) is 9.10. The molecule has 0 atom stereocenters. The molecule has 1 fully saturated rings. The number of likely N-dealkylation sites (tertiary alicyclic amines) is 1. The Bertz CT molecular complexity index is 777. The molecular formula is C23H36IN5S. The first-order valence-corrected chi connectivity index (χ1v) is 11.6. The summed E-state index contributed by atoms with van der Waals surface area (Å²) < 4.78 is 0. The van der Waals surface area contributed by atoms with Crippen LogP contribution in [-0.2, 0) is 19.5 Å². The Morgan fingerprint density at radius 1 is 1.07 bits per heavy atom. The molecule has 1 saturated heterocycles. The van der Waals surface area contributed by atoms with Gasteiger partial charge in [-0.1, -0.05) is 37.1 Å². The fourth-order valence-electron chi connectivity index (χ4n) is 3.75. The summed E-state index contributed by atoms with van der Waals surface area (Å²) in [5.74, 6) is 0.847. The van der Waals surface area contributed by atoms with Gasteiger partial charge in [0.05, 0.1) is 10.7 Å². The molecule has 1 aliphatic rings. The molecule has 0 radical (unpaired) electrons. The van der Waals surface area contributed by atoms with Gasteiger partial charge in [0.1, 0.15) is 0 Å².